The van der Waals surface area contributed by atoms with Gasteiger partial charge >= 0.3 is 12.1 Å². The molecule has 4 N–H and O–H groups in total. The van der Waals surface area contributed by atoms with Gasteiger partial charge in [0, 0.05) is 40.3 Å². The predicted octanol–water partition coefficient (Wildman–Crippen LogP) is -1.22. The molecule has 0 aliphatic rings. The number of carbonyl (C=O) groups excluding carboxylic acids is 2. The van der Waals surface area contributed by atoms with E-state index in [0.717, 1.165) is 13.1 Å². The average Bonchev–Trinajstić information content (AvgIpc) is 2.28. The first kappa shape index (κ1) is 14.5. The molecule has 0 unspecified atom stereocenters. The van der Waals surface area contributed by atoms with E-state index < -0.39 is 0 Å². The quantitative estimate of drug-likeness (QED) is 0.462. The van der Waals surface area contributed by atoms with Crippen LogP contribution in [0.2, 0.25) is 0 Å². The van der Waals surface area contributed by atoms with E-state index in [1.54, 1.807) is 14.1 Å². The zero-order valence-corrected chi connectivity index (χ0v) is 10.1. The minimum absolute atomic E-state index is 0.183. The smallest absolute Gasteiger partial charge is 0.314 e. The molecule has 0 fully saturated rings. The fourth-order valence-electron chi connectivity index (χ4n) is 1.01. The lowest BCUT2D eigenvalue weighted by Gasteiger charge is -2.16. The zero-order valence-electron chi connectivity index (χ0n) is 10.1. The van der Waals surface area contributed by atoms with Gasteiger partial charge in [-0.3, -0.25) is 0 Å². The lowest BCUT2D eigenvalue weighted by molar-refractivity contribution is 0.238. The lowest BCUT2D eigenvalue weighted by Crippen LogP contribution is -2.41. The van der Waals surface area contributed by atoms with Gasteiger partial charge in [0.25, 0.3) is 0 Å². The Labute approximate surface area is 95.9 Å². The molecular formula is C9H21N5O2. The van der Waals surface area contributed by atoms with E-state index in [-0.39, 0.29) is 12.1 Å². The molecule has 0 aliphatic heterocycles. The molecule has 0 radical (unpaired) electrons. The first-order chi connectivity index (χ1) is 7.60. The summed E-state index contributed by atoms with van der Waals surface area (Å²) >= 11 is 0. The monoisotopic (exact) mass is 231 g/mol. The molecule has 0 rings (SSSR count). The third-order valence-corrected chi connectivity index (χ3v) is 2.01. The number of nitrogens with one attached hydrogen (secondary N) is 4. The number of hydrogen-bond acceptors (Lipinski definition) is 3. The van der Waals surface area contributed by atoms with Crippen LogP contribution in [0.5, 0.6) is 0 Å². The van der Waals surface area contributed by atoms with Gasteiger partial charge in [0.2, 0.25) is 0 Å². The molecule has 0 aromatic rings. The van der Waals surface area contributed by atoms with Crippen molar-refractivity contribution in [3.8, 4) is 0 Å². The van der Waals surface area contributed by atoms with Crippen LogP contribution in [0.3, 0.4) is 0 Å². The molecule has 0 saturated carbocycles. The highest BCUT2D eigenvalue weighted by Crippen LogP contribution is 1.79. The van der Waals surface area contributed by atoms with Crippen LogP contribution in [-0.2, 0) is 0 Å². The first-order valence-electron chi connectivity index (χ1n) is 5.20. The van der Waals surface area contributed by atoms with Crippen molar-refractivity contribution in [2.45, 2.75) is 0 Å². The van der Waals surface area contributed by atoms with Crippen LogP contribution in [0.25, 0.3) is 0 Å². The van der Waals surface area contributed by atoms with Crippen molar-refractivity contribution in [1.82, 2.24) is 26.2 Å². The van der Waals surface area contributed by atoms with E-state index in [2.05, 4.69) is 21.3 Å². The highest BCUT2D eigenvalue weighted by atomic mass is 16.2. The van der Waals surface area contributed by atoms with Crippen molar-refractivity contribution in [2.24, 2.45) is 0 Å². The number of rotatable bonds is 6. The number of nitrogens with zero attached hydrogens (tertiary/aromatic N) is 1. The predicted molar refractivity (Wildman–Crippen MR) is 62.4 cm³/mol. The molecule has 0 bridgehead atoms. The number of likely N-dealkylation sites (N-methyl/N-ethyl adjacent to an activating group) is 1. The minimum atomic E-state index is -0.183. The van der Waals surface area contributed by atoms with Gasteiger partial charge in [-0.2, -0.15) is 0 Å². The molecule has 4 amide bonds. The lowest BCUT2D eigenvalue weighted by atomic mass is 10.5. The third kappa shape index (κ3) is 7.86. The number of carbonyl (C=O) groups is 2. The molecule has 16 heavy (non-hydrogen) atoms. The Morgan fingerprint density at radius 1 is 0.938 bits per heavy atom. The average molecular weight is 231 g/mol. The second-order valence-electron chi connectivity index (χ2n) is 3.32. The van der Waals surface area contributed by atoms with Crippen molar-refractivity contribution >= 4 is 12.1 Å². The van der Waals surface area contributed by atoms with E-state index >= 15 is 0 Å². The zero-order chi connectivity index (χ0) is 12.4. The molecule has 0 atom stereocenters. The normalized spacial score (nSPS) is 9.75. The minimum Gasteiger partial charge on any atom is -0.341 e. The van der Waals surface area contributed by atoms with Gasteiger partial charge in [-0.05, 0) is 7.05 Å². The van der Waals surface area contributed by atoms with Gasteiger partial charge < -0.3 is 26.2 Å². The van der Waals surface area contributed by atoms with E-state index in [1.807, 2.05) is 11.9 Å². The van der Waals surface area contributed by atoms with Crippen molar-refractivity contribution in [1.29, 1.82) is 0 Å². The van der Waals surface area contributed by atoms with Crippen LogP contribution < -0.4 is 21.3 Å². The largest absolute Gasteiger partial charge is 0.341 e. The fraction of sp³-hybridized carbons (Fsp3) is 0.778. The summed E-state index contributed by atoms with van der Waals surface area (Å²) in [6.07, 6.45) is 0. The summed E-state index contributed by atoms with van der Waals surface area (Å²) in [4.78, 5) is 23.7. The SMILES string of the molecule is CNC(=O)NCCN(C)CCNC(=O)NC. The van der Waals surface area contributed by atoms with Gasteiger partial charge in [-0.1, -0.05) is 0 Å². The molecule has 0 aliphatic carbocycles. The van der Waals surface area contributed by atoms with Gasteiger partial charge in [0.1, 0.15) is 0 Å². The number of urea groups is 2. The van der Waals surface area contributed by atoms with Gasteiger partial charge in [0.05, 0.1) is 0 Å². The van der Waals surface area contributed by atoms with Crippen molar-refractivity contribution in [2.75, 3.05) is 47.3 Å². The third-order valence-electron chi connectivity index (χ3n) is 2.01. The Morgan fingerprint density at radius 3 is 1.62 bits per heavy atom. The van der Waals surface area contributed by atoms with E-state index in [1.165, 1.54) is 0 Å². The van der Waals surface area contributed by atoms with E-state index in [4.69, 9.17) is 0 Å². The van der Waals surface area contributed by atoms with Crippen molar-refractivity contribution < 1.29 is 9.59 Å². The molecule has 7 nitrogen and oxygen atoms in total. The number of amides is 4. The molecule has 0 heterocycles. The Morgan fingerprint density at radius 2 is 1.31 bits per heavy atom. The molecule has 0 aromatic carbocycles. The Kier molecular flexibility index (Phi) is 7.96. The number of hydrogen-bond donors (Lipinski definition) is 4. The maximum atomic E-state index is 10.8. The molecule has 7 heteroatoms. The maximum Gasteiger partial charge on any atom is 0.314 e. The van der Waals surface area contributed by atoms with Gasteiger partial charge in [-0.25, -0.2) is 9.59 Å². The molecule has 0 aromatic heterocycles. The summed E-state index contributed by atoms with van der Waals surface area (Å²) < 4.78 is 0. The first-order valence-corrected chi connectivity index (χ1v) is 5.20. The van der Waals surface area contributed by atoms with Crippen LogP contribution in [0.15, 0.2) is 0 Å². The van der Waals surface area contributed by atoms with Crippen LogP contribution in [0, 0.1) is 0 Å². The summed E-state index contributed by atoms with van der Waals surface area (Å²) in [6.45, 7) is 2.64. The molecule has 0 saturated heterocycles. The van der Waals surface area contributed by atoms with Crippen LogP contribution in [0.4, 0.5) is 9.59 Å². The Balaban J connectivity index is 3.41. The molecule has 0 spiro atoms. The summed E-state index contributed by atoms with van der Waals surface area (Å²) in [5.74, 6) is 0. The second kappa shape index (κ2) is 8.78. The molecular weight excluding hydrogens is 210 g/mol. The van der Waals surface area contributed by atoms with Crippen LogP contribution in [-0.4, -0.2) is 64.3 Å². The van der Waals surface area contributed by atoms with Crippen LogP contribution >= 0.6 is 0 Å². The molecule has 94 valence electrons. The summed E-state index contributed by atoms with van der Waals surface area (Å²) in [7, 11) is 5.08. The summed E-state index contributed by atoms with van der Waals surface area (Å²) in [6, 6.07) is -0.367. The van der Waals surface area contributed by atoms with Gasteiger partial charge in [-0.15, -0.1) is 0 Å². The van der Waals surface area contributed by atoms with E-state index in [0.29, 0.717) is 13.1 Å². The van der Waals surface area contributed by atoms with Gasteiger partial charge in [0.15, 0.2) is 0 Å². The summed E-state index contributed by atoms with van der Waals surface area (Å²) in [5, 5.41) is 10.3. The second-order valence-corrected chi connectivity index (χ2v) is 3.32. The highest BCUT2D eigenvalue weighted by molar-refractivity contribution is 5.73. The fourth-order valence-corrected chi connectivity index (χ4v) is 1.01. The summed E-state index contributed by atoms with van der Waals surface area (Å²) in [5.41, 5.74) is 0. The maximum absolute atomic E-state index is 10.8. The standard InChI is InChI=1S/C9H21N5O2/c1-10-8(15)12-4-6-14(3)7-5-13-9(16)11-2/h4-7H2,1-3H3,(H2,10,12,15)(H2,11,13,16). The highest BCUT2D eigenvalue weighted by Gasteiger charge is 2.00. The topological polar surface area (TPSA) is 85.5 Å². The van der Waals surface area contributed by atoms with Crippen molar-refractivity contribution in [3.05, 3.63) is 0 Å². The van der Waals surface area contributed by atoms with Crippen molar-refractivity contribution in [3.63, 3.8) is 0 Å². The Hall–Kier alpha value is -1.50. The Bertz CT molecular complexity index is 200. The van der Waals surface area contributed by atoms with E-state index in [9.17, 15) is 9.59 Å². The van der Waals surface area contributed by atoms with Crippen LogP contribution in [0.1, 0.15) is 0 Å².